The molecule has 2 aromatic rings. The van der Waals surface area contributed by atoms with Crippen molar-refractivity contribution >= 4 is 27.6 Å². The molecule has 0 atom stereocenters. The number of hydrogen-bond acceptors (Lipinski definition) is 8. The first-order valence-electron chi connectivity index (χ1n) is 5.62. The number of nitrogens with one attached hydrogen (secondary N) is 1. The van der Waals surface area contributed by atoms with Crippen LogP contribution in [-0.4, -0.2) is 34.0 Å². The fraction of sp³-hybridized carbons (Fsp3) is 0.182. The molecule has 0 bridgehead atoms. The van der Waals surface area contributed by atoms with Gasteiger partial charge < -0.3 is 14.8 Å². The summed E-state index contributed by atoms with van der Waals surface area (Å²) < 4.78 is 10.8. The van der Waals surface area contributed by atoms with Crippen LogP contribution in [0.3, 0.4) is 0 Å². The Bertz CT molecular complexity index is 659. The van der Waals surface area contributed by atoms with Gasteiger partial charge in [-0.05, 0) is 6.07 Å². The molecule has 0 aliphatic rings. The molecule has 0 saturated heterocycles. The highest BCUT2D eigenvalue weighted by molar-refractivity contribution is 9.10. The fourth-order valence-corrected chi connectivity index (χ4v) is 1.86. The van der Waals surface area contributed by atoms with Crippen LogP contribution in [0, 0.1) is 10.1 Å². The third-order valence-electron chi connectivity index (χ3n) is 2.28. The molecule has 0 fully saturated rings. The molecular weight excluding hydrogens is 346 g/mol. The van der Waals surface area contributed by atoms with E-state index >= 15 is 0 Å². The summed E-state index contributed by atoms with van der Waals surface area (Å²) in [5.74, 6) is 0.465. The number of nitrogens with zero attached hydrogens (tertiary/aromatic N) is 4. The highest BCUT2D eigenvalue weighted by Gasteiger charge is 2.13. The number of aromatic nitrogens is 3. The van der Waals surface area contributed by atoms with Crippen LogP contribution in [0.2, 0.25) is 0 Å². The Labute approximate surface area is 127 Å². The molecule has 0 amide bonds. The molecule has 21 heavy (non-hydrogen) atoms. The second-order valence-corrected chi connectivity index (χ2v) is 4.60. The number of nitro benzene ring substituents is 1. The van der Waals surface area contributed by atoms with E-state index < -0.39 is 4.92 Å². The van der Waals surface area contributed by atoms with Gasteiger partial charge in [0.1, 0.15) is 5.75 Å². The molecule has 2 rings (SSSR count). The Morgan fingerprint density at radius 1 is 1.24 bits per heavy atom. The van der Waals surface area contributed by atoms with Crippen molar-refractivity contribution in [2.24, 2.45) is 0 Å². The van der Waals surface area contributed by atoms with Gasteiger partial charge in [-0.25, -0.2) is 0 Å². The number of nitro groups is 1. The largest absolute Gasteiger partial charge is 0.467 e. The number of hydrogen-bond donors (Lipinski definition) is 1. The summed E-state index contributed by atoms with van der Waals surface area (Å²) in [5, 5.41) is 13.5. The van der Waals surface area contributed by atoms with Crippen LogP contribution in [0.25, 0.3) is 0 Å². The standard InChI is InChI=1S/C11H10BrN5O4/c1-13-9-14-10(20-2)16-11(15-9)21-8-4-6(12)3-7(5-8)17(18)19/h3-5H,1-2H3,(H,13,14,15,16). The lowest BCUT2D eigenvalue weighted by atomic mass is 10.3. The van der Waals surface area contributed by atoms with E-state index in [4.69, 9.17) is 9.47 Å². The Morgan fingerprint density at radius 2 is 1.95 bits per heavy atom. The van der Waals surface area contributed by atoms with Gasteiger partial charge in [-0.2, -0.15) is 9.97 Å². The number of methoxy groups -OCH3 is 1. The molecule has 1 aromatic heterocycles. The third-order valence-corrected chi connectivity index (χ3v) is 2.73. The van der Waals surface area contributed by atoms with Gasteiger partial charge in [-0.3, -0.25) is 10.1 Å². The van der Waals surface area contributed by atoms with E-state index in [0.717, 1.165) is 0 Å². The molecule has 1 N–H and O–H groups in total. The molecule has 0 aliphatic heterocycles. The van der Waals surface area contributed by atoms with E-state index in [0.29, 0.717) is 4.47 Å². The number of anilines is 1. The van der Waals surface area contributed by atoms with Gasteiger partial charge in [0.25, 0.3) is 5.69 Å². The van der Waals surface area contributed by atoms with E-state index in [9.17, 15) is 10.1 Å². The van der Waals surface area contributed by atoms with Crippen LogP contribution < -0.4 is 14.8 Å². The molecule has 0 unspecified atom stereocenters. The lowest BCUT2D eigenvalue weighted by Crippen LogP contribution is -2.03. The highest BCUT2D eigenvalue weighted by Crippen LogP contribution is 2.29. The summed E-state index contributed by atoms with van der Waals surface area (Å²) in [6, 6.07) is 4.20. The molecule has 0 radical (unpaired) electrons. The number of rotatable bonds is 5. The zero-order valence-corrected chi connectivity index (χ0v) is 12.6. The molecule has 110 valence electrons. The van der Waals surface area contributed by atoms with Crippen LogP contribution >= 0.6 is 15.9 Å². The maximum Gasteiger partial charge on any atom is 0.330 e. The average Bonchev–Trinajstić information content (AvgIpc) is 2.46. The predicted molar refractivity (Wildman–Crippen MR) is 76.8 cm³/mol. The van der Waals surface area contributed by atoms with Crippen molar-refractivity contribution in [3.05, 3.63) is 32.8 Å². The molecular formula is C11H10BrN5O4. The maximum absolute atomic E-state index is 10.8. The number of non-ortho nitro benzene ring substituents is 1. The average molecular weight is 356 g/mol. The zero-order valence-electron chi connectivity index (χ0n) is 11.0. The van der Waals surface area contributed by atoms with Crippen LogP contribution in [0.5, 0.6) is 17.8 Å². The summed E-state index contributed by atoms with van der Waals surface area (Å²) in [4.78, 5) is 22.1. The third kappa shape index (κ3) is 3.75. The second-order valence-electron chi connectivity index (χ2n) is 3.68. The summed E-state index contributed by atoms with van der Waals surface area (Å²) >= 11 is 3.18. The molecule has 0 saturated carbocycles. The minimum Gasteiger partial charge on any atom is -0.467 e. The number of halogens is 1. The van der Waals surface area contributed by atoms with E-state index in [1.807, 2.05) is 0 Å². The SMILES string of the molecule is CNc1nc(OC)nc(Oc2cc(Br)cc([N+](=O)[O-])c2)n1. The fourth-order valence-electron chi connectivity index (χ4n) is 1.40. The van der Waals surface area contributed by atoms with Crippen molar-refractivity contribution in [2.45, 2.75) is 0 Å². The zero-order chi connectivity index (χ0) is 15.4. The van der Waals surface area contributed by atoms with Crippen LogP contribution in [0.4, 0.5) is 11.6 Å². The summed E-state index contributed by atoms with van der Waals surface area (Å²) in [6.07, 6.45) is 0. The van der Waals surface area contributed by atoms with Gasteiger partial charge in [-0.15, -0.1) is 4.98 Å². The number of benzene rings is 1. The van der Waals surface area contributed by atoms with Crippen molar-refractivity contribution in [2.75, 3.05) is 19.5 Å². The van der Waals surface area contributed by atoms with Gasteiger partial charge in [-0.1, -0.05) is 15.9 Å². The van der Waals surface area contributed by atoms with Crippen LogP contribution in [0.15, 0.2) is 22.7 Å². The molecule has 10 heteroatoms. The van der Waals surface area contributed by atoms with Crippen molar-refractivity contribution in [3.8, 4) is 17.8 Å². The van der Waals surface area contributed by atoms with Crippen molar-refractivity contribution in [3.63, 3.8) is 0 Å². The Morgan fingerprint density at radius 3 is 2.57 bits per heavy atom. The highest BCUT2D eigenvalue weighted by atomic mass is 79.9. The maximum atomic E-state index is 10.8. The quantitative estimate of drug-likeness (QED) is 0.642. The minimum absolute atomic E-state index is 0.0430. The van der Waals surface area contributed by atoms with Crippen molar-refractivity contribution in [1.82, 2.24) is 15.0 Å². The molecule has 1 aromatic carbocycles. The van der Waals surface area contributed by atoms with E-state index in [2.05, 4.69) is 36.2 Å². The Balaban J connectivity index is 2.35. The first-order chi connectivity index (χ1) is 10.0. The summed E-state index contributed by atoms with van der Waals surface area (Å²) in [6.45, 7) is 0. The lowest BCUT2D eigenvalue weighted by Gasteiger charge is -2.07. The summed E-state index contributed by atoms with van der Waals surface area (Å²) in [7, 11) is 3.03. The second kappa shape index (κ2) is 6.31. The molecule has 0 spiro atoms. The molecule has 9 nitrogen and oxygen atoms in total. The Hall–Kier alpha value is -2.49. The topological polar surface area (TPSA) is 112 Å². The van der Waals surface area contributed by atoms with E-state index in [1.165, 1.54) is 19.2 Å². The smallest absolute Gasteiger partial charge is 0.330 e. The van der Waals surface area contributed by atoms with Gasteiger partial charge in [0, 0.05) is 17.6 Å². The monoisotopic (exact) mass is 355 g/mol. The Kier molecular flexibility index (Phi) is 4.48. The first kappa shape index (κ1) is 14.9. The van der Waals surface area contributed by atoms with Gasteiger partial charge >= 0.3 is 12.0 Å². The first-order valence-corrected chi connectivity index (χ1v) is 6.42. The van der Waals surface area contributed by atoms with Crippen molar-refractivity contribution in [1.29, 1.82) is 0 Å². The van der Waals surface area contributed by atoms with Gasteiger partial charge in [0.05, 0.1) is 18.1 Å². The summed E-state index contributed by atoms with van der Waals surface area (Å²) in [5.41, 5.74) is -0.116. The van der Waals surface area contributed by atoms with Crippen LogP contribution in [-0.2, 0) is 0 Å². The van der Waals surface area contributed by atoms with Gasteiger partial charge in [0.2, 0.25) is 5.95 Å². The van der Waals surface area contributed by atoms with Gasteiger partial charge in [0.15, 0.2) is 0 Å². The number of ether oxygens (including phenoxy) is 2. The molecule has 0 aliphatic carbocycles. The normalized spacial score (nSPS) is 10.0. The molecule has 1 heterocycles. The predicted octanol–water partition coefficient (Wildman–Crippen LogP) is 2.38. The van der Waals surface area contributed by atoms with E-state index in [1.54, 1.807) is 13.1 Å². The minimum atomic E-state index is -0.523. The van der Waals surface area contributed by atoms with E-state index in [-0.39, 0.29) is 29.4 Å². The van der Waals surface area contributed by atoms with Crippen LogP contribution in [0.1, 0.15) is 0 Å². The lowest BCUT2D eigenvalue weighted by molar-refractivity contribution is -0.385. The van der Waals surface area contributed by atoms with Crippen molar-refractivity contribution < 1.29 is 14.4 Å².